The van der Waals surface area contributed by atoms with Crippen molar-refractivity contribution in [3.05, 3.63) is 30.3 Å². The van der Waals surface area contributed by atoms with E-state index in [1.165, 1.54) is 0 Å². The van der Waals surface area contributed by atoms with Gasteiger partial charge in [-0.3, -0.25) is 0 Å². The molecule has 5 rings (SSSR count). The quantitative estimate of drug-likeness (QED) is 0.487. The van der Waals surface area contributed by atoms with Gasteiger partial charge in [-0.05, 0) is 6.92 Å². The fourth-order valence-electron chi connectivity index (χ4n) is 4.57. The van der Waals surface area contributed by atoms with Crippen LogP contribution >= 0.6 is 0 Å². The summed E-state index contributed by atoms with van der Waals surface area (Å²) >= 11 is 0. The fourth-order valence-corrected chi connectivity index (χ4v) is 4.57. The number of benzene rings is 1. The average Bonchev–Trinajstić information content (AvgIpc) is 2.92. The summed E-state index contributed by atoms with van der Waals surface area (Å²) in [5.74, 6) is 1.87. The van der Waals surface area contributed by atoms with Gasteiger partial charge in [0, 0.05) is 45.3 Å². The van der Waals surface area contributed by atoms with Crippen molar-refractivity contribution in [1.29, 1.82) is 0 Å². The van der Waals surface area contributed by atoms with E-state index in [-0.39, 0.29) is 19.3 Å². The number of likely N-dealkylation sites (N-methyl/N-ethyl adjacent to an activating group) is 1. The van der Waals surface area contributed by atoms with E-state index in [1.807, 2.05) is 44.3 Å². The third-order valence-electron chi connectivity index (χ3n) is 6.42. The molecular formula is C25H33N7O4. The molecule has 2 aliphatic heterocycles. The van der Waals surface area contributed by atoms with Crippen molar-refractivity contribution < 1.29 is 19.7 Å². The number of fused-ring (bicyclic) bond motifs is 1. The molecule has 0 aliphatic carbocycles. The molecule has 2 atom stereocenters. The van der Waals surface area contributed by atoms with Crippen LogP contribution in [0.5, 0.6) is 0 Å². The number of ether oxygens (including phenoxy) is 2. The predicted molar refractivity (Wildman–Crippen MR) is 138 cm³/mol. The molecule has 2 N–H and O–H groups in total. The molecule has 2 aliphatic rings. The Morgan fingerprint density at radius 1 is 1.03 bits per heavy atom. The monoisotopic (exact) mass is 495 g/mol. The minimum atomic E-state index is -0.916. The van der Waals surface area contributed by atoms with Crippen molar-refractivity contribution in [3.8, 4) is 11.3 Å². The Hall–Kier alpha value is -3.12. The number of aliphatic hydroxyl groups excluding tert-OH is 2. The van der Waals surface area contributed by atoms with Crippen molar-refractivity contribution in [2.24, 2.45) is 0 Å². The molecule has 0 saturated carbocycles. The molecule has 0 radical (unpaired) electrons. The summed E-state index contributed by atoms with van der Waals surface area (Å²) in [6.07, 6.45) is -0.855. The second-order valence-corrected chi connectivity index (χ2v) is 9.23. The van der Waals surface area contributed by atoms with Gasteiger partial charge in [0.1, 0.15) is 5.69 Å². The molecular weight excluding hydrogens is 462 g/mol. The molecule has 2 fully saturated rings. The van der Waals surface area contributed by atoms with Crippen LogP contribution < -0.4 is 14.7 Å². The van der Waals surface area contributed by atoms with Gasteiger partial charge in [-0.1, -0.05) is 30.3 Å². The first-order chi connectivity index (χ1) is 17.5. The number of aliphatic hydroxyl groups is 2. The van der Waals surface area contributed by atoms with Crippen molar-refractivity contribution in [2.75, 3.05) is 80.9 Å². The van der Waals surface area contributed by atoms with Crippen LogP contribution in [0.4, 0.5) is 17.6 Å². The summed E-state index contributed by atoms with van der Waals surface area (Å²) in [4.78, 5) is 25.9. The highest BCUT2D eigenvalue weighted by molar-refractivity contribution is 5.89. The first-order valence-electron chi connectivity index (χ1n) is 12.4. The van der Waals surface area contributed by atoms with Gasteiger partial charge >= 0.3 is 0 Å². The van der Waals surface area contributed by atoms with Gasteiger partial charge in [-0.2, -0.15) is 9.97 Å². The third-order valence-corrected chi connectivity index (χ3v) is 6.42. The molecule has 4 heterocycles. The van der Waals surface area contributed by atoms with E-state index in [9.17, 15) is 10.2 Å². The zero-order valence-corrected chi connectivity index (χ0v) is 20.7. The van der Waals surface area contributed by atoms with Crippen molar-refractivity contribution >= 4 is 28.7 Å². The Morgan fingerprint density at radius 2 is 1.78 bits per heavy atom. The number of nitrogens with zero attached hydrogens (tertiary/aromatic N) is 7. The van der Waals surface area contributed by atoms with Crippen LogP contribution in [0.3, 0.4) is 0 Å². The third kappa shape index (κ3) is 5.19. The lowest BCUT2D eigenvalue weighted by atomic mass is 10.1. The molecule has 11 nitrogen and oxygen atoms in total. The summed E-state index contributed by atoms with van der Waals surface area (Å²) in [5, 5.41) is 19.6. The number of hydrogen-bond donors (Lipinski definition) is 2. The summed E-state index contributed by atoms with van der Waals surface area (Å²) in [5.41, 5.74) is 2.73. The maximum absolute atomic E-state index is 10.1. The average molecular weight is 496 g/mol. The van der Waals surface area contributed by atoms with Gasteiger partial charge in [-0.15, -0.1) is 0 Å². The second kappa shape index (κ2) is 10.9. The van der Waals surface area contributed by atoms with Gasteiger partial charge in [0.25, 0.3) is 0 Å². The smallest absolute Gasteiger partial charge is 0.229 e. The maximum Gasteiger partial charge on any atom is 0.229 e. The molecule has 1 aromatic carbocycles. The molecule has 11 heteroatoms. The van der Waals surface area contributed by atoms with Gasteiger partial charge in [0.15, 0.2) is 22.8 Å². The highest BCUT2D eigenvalue weighted by Crippen LogP contribution is 2.33. The summed E-state index contributed by atoms with van der Waals surface area (Å²) in [6, 6.07) is 9.97. The molecule has 3 aromatic rings. The molecule has 192 valence electrons. The Kier molecular flexibility index (Phi) is 7.42. The van der Waals surface area contributed by atoms with Crippen LogP contribution in [0, 0.1) is 0 Å². The molecule has 0 bridgehead atoms. The van der Waals surface area contributed by atoms with Gasteiger partial charge in [0.05, 0.1) is 38.6 Å². The molecule has 2 saturated heterocycles. The second-order valence-electron chi connectivity index (χ2n) is 9.23. The fraction of sp³-hybridized carbons (Fsp3) is 0.520. The number of anilines is 3. The summed E-state index contributed by atoms with van der Waals surface area (Å²) in [6.45, 7) is 6.49. The number of hydrogen-bond acceptors (Lipinski definition) is 11. The molecule has 2 aromatic heterocycles. The Bertz CT molecular complexity index is 1180. The zero-order chi connectivity index (χ0) is 25.1. The van der Waals surface area contributed by atoms with Crippen molar-refractivity contribution in [3.63, 3.8) is 0 Å². The molecule has 0 amide bonds. The largest absolute Gasteiger partial charge is 0.394 e. The first-order valence-corrected chi connectivity index (χ1v) is 12.4. The van der Waals surface area contributed by atoms with Crippen molar-refractivity contribution in [2.45, 2.75) is 19.1 Å². The Morgan fingerprint density at radius 3 is 2.50 bits per heavy atom. The Labute approximate surface area is 210 Å². The maximum atomic E-state index is 10.1. The normalized spacial score (nSPS) is 19.5. The van der Waals surface area contributed by atoms with Gasteiger partial charge in [-0.25, -0.2) is 9.97 Å². The van der Waals surface area contributed by atoms with E-state index >= 15 is 0 Å². The molecule has 36 heavy (non-hydrogen) atoms. The minimum absolute atomic E-state index is 0.0610. The number of rotatable bonds is 7. The lowest BCUT2D eigenvalue weighted by Gasteiger charge is -2.32. The highest BCUT2D eigenvalue weighted by atomic mass is 16.5. The van der Waals surface area contributed by atoms with Crippen molar-refractivity contribution in [1.82, 2.24) is 19.9 Å². The number of morpholine rings is 2. The zero-order valence-electron chi connectivity index (χ0n) is 20.7. The molecule has 0 spiro atoms. The summed E-state index contributed by atoms with van der Waals surface area (Å²) < 4.78 is 11.3. The van der Waals surface area contributed by atoms with E-state index in [0.717, 1.165) is 17.1 Å². The number of aromatic nitrogens is 4. The van der Waals surface area contributed by atoms with Crippen LogP contribution in [0.15, 0.2) is 30.3 Å². The van der Waals surface area contributed by atoms with Crippen LogP contribution in [-0.4, -0.2) is 109 Å². The molecule has 2 unspecified atom stereocenters. The van der Waals surface area contributed by atoms with Gasteiger partial charge < -0.3 is 34.4 Å². The summed E-state index contributed by atoms with van der Waals surface area (Å²) in [7, 11) is 1.83. The van der Waals surface area contributed by atoms with Crippen LogP contribution in [0.2, 0.25) is 0 Å². The lowest BCUT2D eigenvalue weighted by Crippen LogP contribution is -2.42. The van der Waals surface area contributed by atoms with Gasteiger partial charge in [0.2, 0.25) is 5.95 Å². The van der Waals surface area contributed by atoms with Crippen LogP contribution in [0.1, 0.15) is 6.92 Å². The standard InChI is InChI=1S/C25H33N7O4/c1-17-14-32(10-13-36-17)25-28-22-21(23(29-25)30(2)15-19(34)16-33)26-20(18-6-4-3-5-7-18)24(27-22)31-8-11-35-12-9-31/h3-7,17,19,33-34H,8-16H2,1-2H3. The SMILES string of the molecule is CC1CN(c2nc(N(C)CC(O)CO)c3nc(-c4ccccc4)c(N4CCOCC4)nc3n2)CCO1. The Balaban J connectivity index is 1.69. The topological polar surface area (TPSA) is 120 Å². The van der Waals surface area contributed by atoms with E-state index in [1.54, 1.807) is 4.90 Å². The van der Waals surface area contributed by atoms with E-state index in [0.29, 0.717) is 68.9 Å². The van der Waals surface area contributed by atoms with Crippen LogP contribution in [0.25, 0.3) is 22.4 Å². The lowest BCUT2D eigenvalue weighted by molar-refractivity contribution is 0.0526. The predicted octanol–water partition coefficient (Wildman–Crippen LogP) is 0.938. The first kappa shape index (κ1) is 24.6. The minimum Gasteiger partial charge on any atom is -0.394 e. The van der Waals surface area contributed by atoms with E-state index < -0.39 is 6.10 Å². The van der Waals surface area contributed by atoms with E-state index in [4.69, 9.17) is 29.4 Å². The van der Waals surface area contributed by atoms with E-state index in [2.05, 4.69) is 9.80 Å². The van der Waals surface area contributed by atoms with Crippen LogP contribution in [-0.2, 0) is 9.47 Å². The highest BCUT2D eigenvalue weighted by Gasteiger charge is 2.26.